The Hall–Kier alpha value is -1.89. The van der Waals surface area contributed by atoms with Crippen molar-refractivity contribution >= 4 is 5.91 Å². The van der Waals surface area contributed by atoms with Crippen LogP contribution in [0.25, 0.3) is 0 Å². The third-order valence-corrected chi connectivity index (χ3v) is 8.41. The third kappa shape index (κ3) is 7.45. The molecule has 2 saturated heterocycles. The zero-order valence-corrected chi connectivity index (χ0v) is 22.6. The molecule has 0 aromatic heterocycles. The molecule has 12 heteroatoms. The maximum atomic E-state index is 13.8. The molecular weight excluding hydrogens is 524 g/mol. The van der Waals surface area contributed by atoms with Gasteiger partial charge in [-0.05, 0) is 56.0 Å². The predicted molar refractivity (Wildman–Crippen MR) is 136 cm³/mol. The Morgan fingerprint density at radius 1 is 0.949 bits per heavy atom. The molecule has 6 nitrogen and oxygen atoms in total. The average Bonchev–Trinajstić information content (AvgIpc) is 3.33. The number of carbonyl (C=O) groups excluding carboxylic acids is 1. The van der Waals surface area contributed by atoms with Gasteiger partial charge in [0.2, 0.25) is 5.91 Å². The van der Waals surface area contributed by atoms with Crippen LogP contribution in [0.2, 0.25) is 0 Å². The molecule has 1 aromatic carbocycles. The van der Waals surface area contributed by atoms with Gasteiger partial charge in [-0.25, -0.2) is 0 Å². The topological polar surface area (TPSA) is 42.1 Å². The van der Waals surface area contributed by atoms with Gasteiger partial charge >= 0.3 is 12.4 Å². The highest BCUT2D eigenvalue weighted by Crippen LogP contribution is 2.36. The van der Waals surface area contributed by atoms with Crippen molar-refractivity contribution in [2.24, 2.45) is 5.92 Å². The summed E-state index contributed by atoms with van der Waals surface area (Å²) >= 11 is 0. The Balaban J connectivity index is 1.45. The lowest BCUT2D eigenvalue weighted by Gasteiger charge is -2.45. The maximum absolute atomic E-state index is 13.8. The number of hydrogen-bond acceptors (Lipinski definition) is 5. The SMILES string of the molecule is CN(CCc1cc(C(F)(F)F)cc(C(F)(F)F)c1)C(=O)C(C1CCCCC1)N1CCN(C2NCCN2C)CC1. The minimum Gasteiger partial charge on any atom is -0.344 e. The van der Waals surface area contributed by atoms with E-state index in [0.29, 0.717) is 0 Å². The Labute approximate surface area is 226 Å². The maximum Gasteiger partial charge on any atom is 0.416 e. The monoisotopic (exact) mass is 563 g/mol. The molecular formula is C27H39F6N5O. The van der Waals surface area contributed by atoms with E-state index in [1.165, 1.54) is 4.90 Å². The number of likely N-dealkylation sites (N-methyl/N-ethyl adjacent to an activating group) is 2. The van der Waals surface area contributed by atoms with E-state index >= 15 is 0 Å². The highest BCUT2D eigenvalue weighted by Gasteiger charge is 2.40. The molecule has 1 saturated carbocycles. The molecule has 2 atom stereocenters. The van der Waals surface area contributed by atoms with Crippen molar-refractivity contribution in [2.45, 2.75) is 63.2 Å². The van der Waals surface area contributed by atoms with Gasteiger partial charge in [-0.3, -0.25) is 24.8 Å². The first kappa shape index (κ1) is 30.1. The summed E-state index contributed by atoms with van der Waals surface area (Å²) in [4.78, 5) is 22.2. The molecule has 2 heterocycles. The van der Waals surface area contributed by atoms with E-state index in [9.17, 15) is 31.1 Å². The predicted octanol–water partition coefficient (Wildman–Crippen LogP) is 4.11. The normalized spacial score (nSPS) is 23.7. The summed E-state index contributed by atoms with van der Waals surface area (Å²) in [5.41, 5.74) is -2.75. The molecule has 2 aliphatic heterocycles. The Kier molecular flexibility index (Phi) is 9.50. The summed E-state index contributed by atoms with van der Waals surface area (Å²) in [5, 5.41) is 3.50. The zero-order valence-electron chi connectivity index (χ0n) is 22.6. The molecule has 220 valence electrons. The Bertz CT molecular complexity index is 940. The van der Waals surface area contributed by atoms with E-state index < -0.39 is 23.5 Å². The van der Waals surface area contributed by atoms with Crippen molar-refractivity contribution < 1.29 is 31.1 Å². The lowest BCUT2D eigenvalue weighted by Crippen LogP contribution is -2.61. The molecule has 1 aromatic rings. The van der Waals surface area contributed by atoms with E-state index in [2.05, 4.69) is 27.1 Å². The number of nitrogens with one attached hydrogen (secondary N) is 1. The van der Waals surface area contributed by atoms with Crippen LogP contribution in [0, 0.1) is 5.92 Å². The van der Waals surface area contributed by atoms with E-state index in [4.69, 9.17) is 0 Å². The number of rotatable bonds is 7. The van der Waals surface area contributed by atoms with E-state index in [0.717, 1.165) is 83.5 Å². The first-order chi connectivity index (χ1) is 18.3. The second-order valence-corrected chi connectivity index (χ2v) is 11.1. The summed E-state index contributed by atoms with van der Waals surface area (Å²) < 4.78 is 79.7. The standard InChI is InChI=1S/C27H39F6N5O/c1-35(10-8-19-16-21(26(28,29)30)18-22(17-19)27(31,32)33)24(39)23(20-6-4-3-5-7-20)37-12-14-38(15-13-37)25-34-9-11-36(25)2/h16-18,20,23,25,34H,3-15H2,1-2H3. The van der Waals surface area contributed by atoms with Crippen molar-refractivity contribution in [1.82, 2.24) is 24.9 Å². The first-order valence-corrected chi connectivity index (χ1v) is 13.8. The van der Waals surface area contributed by atoms with E-state index in [1.54, 1.807) is 7.05 Å². The largest absolute Gasteiger partial charge is 0.416 e. The molecule has 3 fully saturated rings. The van der Waals surface area contributed by atoms with Crippen molar-refractivity contribution in [3.05, 3.63) is 34.9 Å². The van der Waals surface area contributed by atoms with Gasteiger partial charge in [0.05, 0.1) is 17.2 Å². The van der Waals surface area contributed by atoms with Crippen LogP contribution in [0.4, 0.5) is 26.3 Å². The number of amides is 1. The number of alkyl halides is 6. The molecule has 1 N–H and O–H groups in total. The highest BCUT2D eigenvalue weighted by atomic mass is 19.4. The van der Waals surface area contributed by atoms with Crippen molar-refractivity contribution in [2.75, 3.05) is 59.9 Å². The summed E-state index contributed by atoms with van der Waals surface area (Å²) in [6.45, 7) is 5.04. The van der Waals surface area contributed by atoms with Gasteiger partial charge in [-0.2, -0.15) is 26.3 Å². The zero-order chi connectivity index (χ0) is 28.4. The summed E-state index contributed by atoms with van der Waals surface area (Å²) in [5.74, 6) is 0.0902. The molecule has 4 rings (SSSR count). The van der Waals surface area contributed by atoms with Crippen molar-refractivity contribution in [3.63, 3.8) is 0 Å². The molecule has 39 heavy (non-hydrogen) atoms. The smallest absolute Gasteiger partial charge is 0.344 e. The molecule has 0 radical (unpaired) electrons. The van der Waals surface area contributed by atoms with Gasteiger partial charge in [0.25, 0.3) is 0 Å². The van der Waals surface area contributed by atoms with Crippen molar-refractivity contribution in [1.29, 1.82) is 0 Å². The number of nitrogens with zero attached hydrogens (tertiary/aromatic N) is 4. The molecule has 2 unspecified atom stereocenters. The van der Waals surface area contributed by atoms with Crippen LogP contribution in [0.1, 0.15) is 48.8 Å². The number of carbonyl (C=O) groups is 1. The van der Waals surface area contributed by atoms with Crippen LogP contribution < -0.4 is 5.32 Å². The molecule has 3 aliphatic rings. The van der Waals surface area contributed by atoms with Crippen LogP contribution >= 0.6 is 0 Å². The van der Waals surface area contributed by atoms with Crippen LogP contribution in [-0.4, -0.2) is 97.7 Å². The molecule has 0 spiro atoms. The van der Waals surface area contributed by atoms with Crippen LogP contribution in [0.5, 0.6) is 0 Å². The Morgan fingerprint density at radius 2 is 1.54 bits per heavy atom. The Morgan fingerprint density at radius 3 is 2.05 bits per heavy atom. The number of hydrogen-bond donors (Lipinski definition) is 1. The molecule has 0 bridgehead atoms. The summed E-state index contributed by atoms with van der Waals surface area (Å²) in [6.07, 6.45) is -4.56. The number of piperazine rings is 1. The van der Waals surface area contributed by atoms with Gasteiger partial charge in [0.15, 0.2) is 0 Å². The van der Waals surface area contributed by atoms with E-state index in [-0.39, 0.29) is 48.8 Å². The van der Waals surface area contributed by atoms with Gasteiger partial charge in [0.1, 0.15) is 6.29 Å². The minimum atomic E-state index is -4.89. The lowest BCUT2D eigenvalue weighted by molar-refractivity contribution is -0.143. The van der Waals surface area contributed by atoms with Crippen molar-refractivity contribution in [3.8, 4) is 0 Å². The number of benzene rings is 1. The lowest BCUT2D eigenvalue weighted by atomic mass is 9.82. The summed E-state index contributed by atoms with van der Waals surface area (Å²) in [7, 11) is 3.69. The first-order valence-electron chi connectivity index (χ1n) is 13.8. The second-order valence-electron chi connectivity index (χ2n) is 11.1. The van der Waals surface area contributed by atoms with Crippen LogP contribution in [0.3, 0.4) is 0 Å². The van der Waals surface area contributed by atoms with Crippen LogP contribution in [0.15, 0.2) is 18.2 Å². The quantitative estimate of drug-likeness (QED) is 0.506. The van der Waals surface area contributed by atoms with Gasteiger partial charge < -0.3 is 4.90 Å². The third-order valence-electron chi connectivity index (χ3n) is 8.41. The second kappa shape index (κ2) is 12.3. The van der Waals surface area contributed by atoms with Crippen LogP contribution in [-0.2, 0) is 23.6 Å². The van der Waals surface area contributed by atoms with Gasteiger partial charge in [0, 0.05) is 52.9 Å². The average molecular weight is 564 g/mol. The number of halogens is 6. The minimum absolute atomic E-state index is 0.0391. The van der Waals surface area contributed by atoms with E-state index in [1.807, 2.05) is 0 Å². The molecule has 1 aliphatic carbocycles. The fraction of sp³-hybridized carbons (Fsp3) is 0.741. The highest BCUT2D eigenvalue weighted by molar-refractivity contribution is 5.82. The van der Waals surface area contributed by atoms with Gasteiger partial charge in [-0.1, -0.05) is 19.3 Å². The molecule has 1 amide bonds. The fourth-order valence-electron chi connectivity index (χ4n) is 6.22. The fourth-order valence-corrected chi connectivity index (χ4v) is 6.22. The summed E-state index contributed by atoms with van der Waals surface area (Å²) in [6, 6.07) is 1.30. The van der Waals surface area contributed by atoms with Gasteiger partial charge in [-0.15, -0.1) is 0 Å².